The summed E-state index contributed by atoms with van der Waals surface area (Å²) in [4.78, 5) is 0. The molecule has 2 N–H and O–H groups in total. The molecule has 0 saturated carbocycles. The molecule has 3 atom stereocenters. The molecule has 0 aromatic carbocycles. The molecule has 18 heavy (non-hydrogen) atoms. The fourth-order valence-electron chi connectivity index (χ4n) is 3.19. The molecule has 2 saturated heterocycles. The minimum Gasteiger partial charge on any atom is -0.382 e. The Morgan fingerprint density at radius 3 is 2.83 bits per heavy atom. The second kappa shape index (κ2) is 6.60. The van der Waals surface area contributed by atoms with Gasteiger partial charge in [-0.3, -0.25) is 0 Å². The lowest BCUT2D eigenvalue weighted by Gasteiger charge is -2.45. The van der Waals surface area contributed by atoms with Crippen LogP contribution in [0.2, 0.25) is 0 Å². The van der Waals surface area contributed by atoms with E-state index in [0.717, 1.165) is 25.9 Å². The SMILES string of the molecule is COC(C)CC(N)C1CCOC2(CCSCC2)C1. The van der Waals surface area contributed by atoms with E-state index in [-0.39, 0.29) is 17.7 Å². The van der Waals surface area contributed by atoms with Crippen LogP contribution in [0.1, 0.15) is 39.0 Å². The first kappa shape index (κ1) is 14.6. The lowest BCUT2D eigenvalue weighted by molar-refractivity contribution is -0.107. The quantitative estimate of drug-likeness (QED) is 0.854. The van der Waals surface area contributed by atoms with E-state index in [1.165, 1.54) is 24.3 Å². The van der Waals surface area contributed by atoms with Crippen LogP contribution in [0.5, 0.6) is 0 Å². The van der Waals surface area contributed by atoms with E-state index >= 15 is 0 Å². The lowest BCUT2D eigenvalue weighted by Crippen LogP contribution is -2.47. The summed E-state index contributed by atoms with van der Waals surface area (Å²) in [7, 11) is 1.77. The number of hydrogen-bond donors (Lipinski definition) is 1. The van der Waals surface area contributed by atoms with Crippen LogP contribution in [0.4, 0.5) is 0 Å². The molecule has 0 radical (unpaired) electrons. The topological polar surface area (TPSA) is 44.5 Å². The minimum atomic E-state index is 0.155. The summed E-state index contributed by atoms with van der Waals surface area (Å²) < 4.78 is 11.5. The zero-order valence-electron chi connectivity index (χ0n) is 11.7. The van der Waals surface area contributed by atoms with Crippen molar-refractivity contribution < 1.29 is 9.47 Å². The van der Waals surface area contributed by atoms with Crippen LogP contribution in [0.25, 0.3) is 0 Å². The fourth-order valence-corrected chi connectivity index (χ4v) is 4.43. The number of rotatable bonds is 4. The van der Waals surface area contributed by atoms with Crippen LogP contribution in [-0.4, -0.2) is 43.0 Å². The maximum absolute atomic E-state index is 6.37. The van der Waals surface area contributed by atoms with Crippen molar-refractivity contribution in [3.63, 3.8) is 0 Å². The van der Waals surface area contributed by atoms with Gasteiger partial charge in [-0.15, -0.1) is 0 Å². The first-order valence-electron chi connectivity index (χ1n) is 7.15. The highest BCUT2D eigenvalue weighted by atomic mass is 32.2. The number of nitrogens with two attached hydrogens (primary N) is 1. The molecular formula is C14H27NO2S. The minimum absolute atomic E-state index is 0.155. The largest absolute Gasteiger partial charge is 0.382 e. The van der Waals surface area contributed by atoms with Gasteiger partial charge in [-0.05, 0) is 56.5 Å². The van der Waals surface area contributed by atoms with Crippen LogP contribution >= 0.6 is 11.8 Å². The van der Waals surface area contributed by atoms with E-state index in [9.17, 15) is 0 Å². The number of hydrogen-bond acceptors (Lipinski definition) is 4. The van der Waals surface area contributed by atoms with Gasteiger partial charge in [-0.1, -0.05) is 0 Å². The van der Waals surface area contributed by atoms with Gasteiger partial charge < -0.3 is 15.2 Å². The monoisotopic (exact) mass is 273 g/mol. The predicted molar refractivity (Wildman–Crippen MR) is 77.0 cm³/mol. The Hall–Kier alpha value is 0.230. The third kappa shape index (κ3) is 3.62. The molecule has 0 aliphatic carbocycles. The highest BCUT2D eigenvalue weighted by Crippen LogP contribution is 2.40. The summed E-state index contributed by atoms with van der Waals surface area (Å²) >= 11 is 2.06. The molecule has 2 aliphatic rings. The maximum atomic E-state index is 6.37. The Labute approximate surface area is 115 Å². The number of methoxy groups -OCH3 is 1. The molecule has 3 nitrogen and oxygen atoms in total. The molecule has 2 rings (SSSR count). The average Bonchev–Trinajstić information content (AvgIpc) is 2.39. The lowest BCUT2D eigenvalue weighted by atomic mass is 9.78. The van der Waals surface area contributed by atoms with Crippen LogP contribution < -0.4 is 5.73 Å². The highest BCUT2D eigenvalue weighted by Gasteiger charge is 2.40. The van der Waals surface area contributed by atoms with Gasteiger partial charge in [0.1, 0.15) is 0 Å². The molecule has 0 bridgehead atoms. The Morgan fingerprint density at radius 2 is 2.17 bits per heavy atom. The summed E-state index contributed by atoms with van der Waals surface area (Å²) in [5, 5.41) is 0. The maximum Gasteiger partial charge on any atom is 0.0701 e. The molecule has 0 aromatic heterocycles. The fraction of sp³-hybridized carbons (Fsp3) is 1.00. The molecule has 2 heterocycles. The van der Waals surface area contributed by atoms with Crippen molar-refractivity contribution in [3.05, 3.63) is 0 Å². The first-order valence-corrected chi connectivity index (χ1v) is 8.31. The van der Waals surface area contributed by atoms with Crippen molar-refractivity contribution >= 4 is 11.8 Å². The Kier molecular flexibility index (Phi) is 5.36. The Bertz CT molecular complexity index is 251. The summed E-state index contributed by atoms with van der Waals surface area (Å²) in [6.45, 7) is 3.00. The van der Waals surface area contributed by atoms with E-state index in [0.29, 0.717) is 5.92 Å². The third-order valence-electron chi connectivity index (χ3n) is 4.55. The Morgan fingerprint density at radius 1 is 1.44 bits per heavy atom. The van der Waals surface area contributed by atoms with Crippen molar-refractivity contribution in [3.8, 4) is 0 Å². The van der Waals surface area contributed by atoms with Gasteiger partial charge in [-0.2, -0.15) is 11.8 Å². The van der Waals surface area contributed by atoms with Gasteiger partial charge in [-0.25, -0.2) is 0 Å². The standard InChI is InChI=1S/C14H27NO2S/c1-11(16-2)9-13(15)12-3-6-17-14(10-12)4-7-18-8-5-14/h11-13H,3-10,15H2,1-2H3. The zero-order valence-corrected chi connectivity index (χ0v) is 12.5. The summed E-state index contributed by atoms with van der Waals surface area (Å²) in [6, 6.07) is 0.260. The van der Waals surface area contributed by atoms with Crippen molar-refractivity contribution in [2.45, 2.75) is 56.8 Å². The van der Waals surface area contributed by atoms with E-state index in [1.54, 1.807) is 7.11 Å². The third-order valence-corrected chi connectivity index (χ3v) is 5.53. The predicted octanol–water partition coefficient (Wildman–Crippen LogP) is 2.43. The van der Waals surface area contributed by atoms with Crippen LogP contribution in [0.15, 0.2) is 0 Å². The van der Waals surface area contributed by atoms with Gasteiger partial charge in [0.2, 0.25) is 0 Å². The second-order valence-electron chi connectivity index (χ2n) is 5.84. The summed E-state index contributed by atoms with van der Waals surface area (Å²) in [6.07, 6.45) is 5.92. The molecule has 2 fully saturated rings. The zero-order chi connectivity index (χ0) is 13.0. The van der Waals surface area contributed by atoms with Crippen molar-refractivity contribution in [2.75, 3.05) is 25.2 Å². The molecule has 2 aliphatic heterocycles. The van der Waals surface area contributed by atoms with Crippen LogP contribution in [-0.2, 0) is 9.47 Å². The molecule has 106 valence electrons. The first-order chi connectivity index (χ1) is 8.65. The van der Waals surface area contributed by atoms with Crippen molar-refractivity contribution in [1.82, 2.24) is 0 Å². The normalized spacial score (nSPS) is 31.2. The van der Waals surface area contributed by atoms with Gasteiger partial charge in [0.15, 0.2) is 0 Å². The number of ether oxygens (including phenoxy) is 2. The molecule has 1 spiro atoms. The van der Waals surface area contributed by atoms with Crippen molar-refractivity contribution in [2.24, 2.45) is 11.7 Å². The van der Waals surface area contributed by atoms with Gasteiger partial charge in [0.25, 0.3) is 0 Å². The van der Waals surface area contributed by atoms with E-state index in [4.69, 9.17) is 15.2 Å². The molecule has 4 heteroatoms. The molecule has 3 unspecified atom stereocenters. The molecule has 0 amide bonds. The second-order valence-corrected chi connectivity index (χ2v) is 7.07. The molecular weight excluding hydrogens is 246 g/mol. The number of thioether (sulfide) groups is 1. The van der Waals surface area contributed by atoms with Gasteiger partial charge in [0.05, 0.1) is 11.7 Å². The van der Waals surface area contributed by atoms with Crippen LogP contribution in [0.3, 0.4) is 0 Å². The van der Waals surface area contributed by atoms with Crippen LogP contribution in [0, 0.1) is 5.92 Å². The molecule has 0 aromatic rings. The van der Waals surface area contributed by atoms with Crippen molar-refractivity contribution in [1.29, 1.82) is 0 Å². The van der Waals surface area contributed by atoms with E-state index < -0.39 is 0 Å². The highest BCUT2D eigenvalue weighted by molar-refractivity contribution is 7.99. The van der Waals surface area contributed by atoms with Gasteiger partial charge in [0, 0.05) is 19.8 Å². The Balaban J connectivity index is 1.89. The van der Waals surface area contributed by atoms with E-state index in [1.807, 2.05) is 0 Å². The van der Waals surface area contributed by atoms with E-state index in [2.05, 4.69) is 18.7 Å². The summed E-state index contributed by atoms with van der Waals surface area (Å²) in [5.41, 5.74) is 6.53. The summed E-state index contributed by atoms with van der Waals surface area (Å²) in [5.74, 6) is 3.10. The smallest absolute Gasteiger partial charge is 0.0701 e. The van der Waals surface area contributed by atoms with Gasteiger partial charge >= 0.3 is 0 Å². The average molecular weight is 273 g/mol.